The summed E-state index contributed by atoms with van der Waals surface area (Å²) >= 11 is 0. The van der Waals surface area contributed by atoms with Crippen molar-refractivity contribution in [1.82, 2.24) is 19.4 Å². The number of aromatic nitrogens is 2. The molecule has 7 rings (SSSR count). The number of rotatable bonds is 7. The van der Waals surface area contributed by atoms with Gasteiger partial charge in [0.15, 0.2) is 15.7 Å². The number of piperazine rings is 1. The minimum absolute atomic E-state index is 0.259. The highest BCUT2D eigenvalue weighted by molar-refractivity contribution is 7.90. The standard InChI is InChI=1S/C33H37FN4O3S/c1-42(39,40)29-10-6-25(7-11-29)33-35-32-30(34)20-26(21-31(32)38(33)28-8-9-28)24-4-2-23(3-5-24)22-36-14-16-37(17-15-36)27-12-18-41-19-13-27/h2-7,10-11,20-21,27-28H,8-9,12-19,22H2,1H3. The van der Waals surface area contributed by atoms with E-state index in [2.05, 4.69) is 38.6 Å². The molecule has 2 saturated heterocycles. The first-order valence-electron chi connectivity index (χ1n) is 15.0. The molecule has 0 unspecified atom stereocenters. The molecule has 0 amide bonds. The molecule has 0 bridgehead atoms. The lowest BCUT2D eigenvalue weighted by atomic mass is 10.0. The fourth-order valence-electron chi connectivity index (χ4n) is 6.47. The third kappa shape index (κ3) is 5.63. The Morgan fingerprint density at radius 2 is 1.50 bits per heavy atom. The van der Waals surface area contributed by atoms with Crippen LogP contribution < -0.4 is 0 Å². The van der Waals surface area contributed by atoms with Crippen LogP contribution in [-0.2, 0) is 21.1 Å². The fourth-order valence-corrected chi connectivity index (χ4v) is 7.10. The second-order valence-corrected chi connectivity index (χ2v) is 14.0. The molecule has 0 spiro atoms. The van der Waals surface area contributed by atoms with Crippen LogP contribution >= 0.6 is 0 Å². The van der Waals surface area contributed by atoms with Crippen LogP contribution in [0.3, 0.4) is 0 Å². The summed E-state index contributed by atoms with van der Waals surface area (Å²) in [6, 6.07) is 19.8. The van der Waals surface area contributed by atoms with Crippen LogP contribution in [0.4, 0.5) is 4.39 Å². The molecule has 1 saturated carbocycles. The number of hydrogen-bond acceptors (Lipinski definition) is 6. The molecule has 1 aromatic heterocycles. The number of nitrogens with zero attached hydrogens (tertiary/aromatic N) is 4. The summed E-state index contributed by atoms with van der Waals surface area (Å²) in [5.74, 6) is 0.332. The minimum atomic E-state index is -3.30. The van der Waals surface area contributed by atoms with E-state index < -0.39 is 9.84 Å². The lowest BCUT2D eigenvalue weighted by Gasteiger charge is -2.40. The van der Waals surface area contributed by atoms with E-state index in [0.29, 0.717) is 17.4 Å². The number of fused-ring (bicyclic) bond motifs is 1. The van der Waals surface area contributed by atoms with Crippen LogP contribution in [-0.4, -0.2) is 79.5 Å². The molecule has 3 aromatic carbocycles. The molecule has 1 aliphatic carbocycles. The van der Waals surface area contributed by atoms with E-state index in [-0.39, 0.29) is 16.8 Å². The molecule has 42 heavy (non-hydrogen) atoms. The molecule has 3 fully saturated rings. The largest absolute Gasteiger partial charge is 0.381 e. The van der Waals surface area contributed by atoms with Crippen LogP contribution in [0.25, 0.3) is 33.5 Å². The van der Waals surface area contributed by atoms with Crippen molar-refractivity contribution >= 4 is 20.9 Å². The van der Waals surface area contributed by atoms with E-state index in [0.717, 1.165) is 93.8 Å². The van der Waals surface area contributed by atoms with E-state index >= 15 is 4.39 Å². The first-order chi connectivity index (χ1) is 20.3. The molecule has 9 heteroatoms. The van der Waals surface area contributed by atoms with Gasteiger partial charge in [0.1, 0.15) is 11.3 Å². The molecular formula is C33H37FN4O3S. The van der Waals surface area contributed by atoms with Gasteiger partial charge in [-0.05, 0) is 78.8 Å². The van der Waals surface area contributed by atoms with Crippen LogP contribution in [0.5, 0.6) is 0 Å². The Bertz CT molecular complexity index is 1680. The van der Waals surface area contributed by atoms with Gasteiger partial charge in [0, 0.05) is 69.8 Å². The zero-order valence-corrected chi connectivity index (χ0v) is 24.8. The minimum Gasteiger partial charge on any atom is -0.381 e. The van der Waals surface area contributed by atoms with Crippen molar-refractivity contribution in [2.45, 2.75) is 49.2 Å². The smallest absolute Gasteiger partial charge is 0.175 e. The fraction of sp³-hybridized carbons (Fsp3) is 0.424. The van der Waals surface area contributed by atoms with Gasteiger partial charge < -0.3 is 9.30 Å². The van der Waals surface area contributed by atoms with Crippen molar-refractivity contribution in [3.05, 3.63) is 72.0 Å². The molecule has 3 aliphatic rings. The maximum atomic E-state index is 15.5. The van der Waals surface area contributed by atoms with Crippen molar-refractivity contribution in [2.75, 3.05) is 45.6 Å². The van der Waals surface area contributed by atoms with E-state index in [1.54, 1.807) is 30.3 Å². The Balaban J connectivity index is 1.10. The van der Waals surface area contributed by atoms with Gasteiger partial charge in [0.25, 0.3) is 0 Å². The van der Waals surface area contributed by atoms with Crippen molar-refractivity contribution in [3.63, 3.8) is 0 Å². The molecule has 0 atom stereocenters. The molecular weight excluding hydrogens is 551 g/mol. The lowest BCUT2D eigenvalue weighted by molar-refractivity contribution is 0.0126. The number of benzene rings is 3. The van der Waals surface area contributed by atoms with E-state index in [1.165, 1.54) is 11.8 Å². The topological polar surface area (TPSA) is 67.7 Å². The molecule has 220 valence electrons. The van der Waals surface area contributed by atoms with E-state index in [1.807, 2.05) is 6.07 Å². The quantitative estimate of drug-likeness (QED) is 0.282. The summed E-state index contributed by atoms with van der Waals surface area (Å²) < 4.78 is 47.1. The van der Waals surface area contributed by atoms with Gasteiger partial charge >= 0.3 is 0 Å². The molecule has 4 aromatic rings. The highest BCUT2D eigenvalue weighted by Gasteiger charge is 2.30. The normalized spacial score (nSPS) is 19.5. The van der Waals surface area contributed by atoms with Crippen molar-refractivity contribution in [1.29, 1.82) is 0 Å². The monoisotopic (exact) mass is 588 g/mol. The summed E-state index contributed by atoms with van der Waals surface area (Å²) in [6.07, 6.45) is 5.53. The number of sulfone groups is 1. The highest BCUT2D eigenvalue weighted by atomic mass is 32.2. The second kappa shape index (κ2) is 11.2. The van der Waals surface area contributed by atoms with E-state index in [4.69, 9.17) is 9.72 Å². The predicted molar refractivity (Wildman–Crippen MR) is 163 cm³/mol. The molecule has 3 heterocycles. The van der Waals surface area contributed by atoms with Crippen LogP contribution in [0.1, 0.15) is 37.3 Å². The van der Waals surface area contributed by atoms with E-state index in [9.17, 15) is 8.42 Å². The van der Waals surface area contributed by atoms with Crippen LogP contribution in [0.15, 0.2) is 65.6 Å². The number of imidazole rings is 1. The summed E-state index contributed by atoms with van der Waals surface area (Å²) in [4.78, 5) is 10.1. The van der Waals surface area contributed by atoms with Gasteiger partial charge in [-0.2, -0.15) is 0 Å². The average molecular weight is 589 g/mol. The maximum absolute atomic E-state index is 15.5. The third-order valence-corrected chi connectivity index (χ3v) is 10.1. The Kier molecular flexibility index (Phi) is 7.38. The molecule has 2 aliphatic heterocycles. The van der Waals surface area contributed by atoms with Gasteiger partial charge in [-0.1, -0.05) is 24.3 Å². The zero-order valence-electron chi connectivity index (χ0n) is 24.0. The predicted octanol–water partition coefficient (Wildman–Crippen LogP) is 5.54. The maximum Gasteiger partial charge on any atom is 0.175 e. The van der Waals surface area contributed by atoms with Crippen molar-refractivity contribution in [2.24, 2.45) is 0 Å². The highest BCUT2D eigenvalue weighted by Crippen LogP contribution is 2.42. The number of hydrogen-bond donors (Lipinski definition) is 0. The van der Waals surface area contributed by atoms with Crippen LogP contribution in [0.2, 0.25) is 0 Å². The van der Waals surface area contributed by atoms with Gasteiger partial charge in [-0.25, -0.2) is 17.8 Å². The van der Waals surface area contributed by atoms with Crippen molar-refractivity contribution < 1.29 is 17.5 Å². The SMILES string of the molecule is CS(=O)(=O)c1ccc(-c2nc3c(F)cc(-c4ccc(CN5CCN(C6CCOCC6)CC5)cc4)cc3n2C2CC2)cc1. The van der Waals surface area contributed by atoms with Crippen LogP contribution in [0, 0.1) is 5.82 Å². The Morgan fingerprint density at radius 3 is 2.14 bits per heavy atom. The molecule has 7 nitrogen and oxygen atoms in total. The Hall–Kier alpha value is -3.11. The average Bonchev–Trinajstić information content (AvgIpc) is 3.77. The van der Waals surface area contributed by atoms with Gasteiger partial charge in [0.05, 0.1) is 10.4 Å². The number of ether oxygens (including phenoxy) is 1. The third-order valence-electron chi connectivity index (χ3n) is 9.01. The summed E-state index contributed by atoms with van der Waals surface area (Å²) in [6.45, 7) is 7.07. The zero-order chi connectivity index (χ0) is 28.8. The second-order valence-electron chi connectivity index (χ2n) is 12.0. The Morgan fingerprint density at radius 1 is 0.833 bits per heavy atom. The molecule has 0 N–H and O–H groups in total. The van der Waals surface area contributed by atoms with Gasteiger partial charge in [-0.15, -0.1) is 0 Å². The summed E-state index contributed by atoms with van der Waals surface area (Å²) in [5.41, 5.74) is 4.99. The van der Waals surface area contributed by atoms with Gasteiger partial charge in [0.2, 0.25) is 0 Å². The lowest BCUT2D eigenvalue weighted by Crippen LogP contribution is -2.51. The van der Waals surface area contributed by atoms with Crippen molar-refractivity contribution in [3.8, 4) is 22.5 Å². The summed E-state index contributed by atoms with van der Waals surface area (Å²) in [5, 5.41) is 0. The first-order valence-corrected chi connectivity index (χ1v) is 16.9. The number of halogens is 1. The first kappa shape index (κ1) is 27.7. The Labute approximate surface area is 246 Å². The van der Waals surface area contributed by atoms with Gasteiger partial charge in [-0.3, -0.25) is 9.80 Å². The molecule has 0 radical (unpaired) electrons. The summed E-state index contributed by atoms with van der Waals surface area (Å²) in [7, 11) is -3.30.